The molecule has 0 radical (unpaired) electrons. The molecular formula is C18H22N2O2. The monoisotopic (exact) mass is 298 g/mol. The summed E-state index contributed by atoms with van der Waals surface area (Å²) in [7, 11) is 1.54. The summed E-state index contributed by atoms with van der Waals surface area (Å²) < 4.78 is 4.91. The molecule has 1 aromatic carbocycles. The van der Waals surface area contributed by atoms with Gasteiger partial charge in [0.15, 0.2) is 11.4 Å². The van der Waals surface area contributed by atoms with Crippen molar-refractivity contribution >= 4 is 12.0 Å². The minimum absolute atomic E-state index is 0.00605. The maximum atomic E-state index is 11.9. The van der Waals surface area contributed by atoms with Gasteiger partial charge >= 0.3 is 0 Å². The Morgan fingerprint density at radius 2 is 1.95 bits per heavy atom. The first-order chi connectivity index (χ1) is 10.8. The topological polar surface area (TPSA) is 41.9 Å². The molecule has 1 aromatic rings. The number of piperidine rings is 1. The number of hydrogen-bond acceptors (Lipinski definition) is 4. The highest BCUT2D eigenvalue weighted by atomic mass is 16.5. The molecule has 0 aromatic heterocycles. The van der Waals surface area contributed by atoms with Crippen LogP contribution < -0.4 is 0 Å². The number of carbonyl (C=O) groups excluding carboxylic acids is 1. The Hall–Kier alpha value is -1.78. The third-order valence-corrected chi connectivity index (χ3v) is 4.43. The van der Waals surface area contributed by atoms with Crippen LogP contribution in [0.1, 0.15) is 35.2 Å². The van der Waals surface area contributed by atoms with Crippen LogP contribution >= 0.6 is 0 Å². The van der Waals surface area contributed by atoms with E-state index < -0.39 is 0 Å². The Bertz CT molecular complexity index is 572. The zero-order valence-electron chi connectivity index (χ0n) is 13.0. The Balaban J connectivity index is 1.88. The number of hydrogen-bond donors (Lipinski definition) is 0. The van der Waals surface area contributed by atoms with Crippen molar-refractivity contribution in [1.29, 1.82) is 0 Å². The van der Waals surface area contributed by atoms with E-state index in [1.54, 1.807) is 0 Å². The zero-order valence-corrected chi connectivity index (χ0v) is 13.0. The predicted molar refractivity (Wildman–Crippen MR) is 87.4 cm³/mol. The molecule has 1 fully saturated rings. The summed E-state index contributed by atoms with van der Waals surface area (Å²) in [5.41, 5.74) is 1.42. The molecule has 4 heteroatoms. The van der Waals surface area contributed by atoms with E-state index in [2.05, 4.69) is 11.0 Å². The second-order valence-corrected chi connectivity index (χ2v) is 5.84. The van der Waals surface area contributed by atoms with Crippen LogP contribution in [-0.2, 0) is 10.4 Å². The van der Waals surface area contributed by atoms with Crippen LogP contribution in [0.15, 0.2) is 41.4 Å². The summed E-state index contributed by atoms with van der Waals surface area (Å²) in [6, 6.07) is 7.79. The molecule has 2 aliphatic heterocycles. The lowest BCUT2D eigenvalue weighted by molar-refractivity contribution is 0.0847. The zero-order chi connectivity index (χ0) is 15.4. The molecule has 0 amide bonds. The predicted octanol–water partition coefficient (Wildman–Crippen LogP) is 2.80. The van der Waals surface area contributed by atoms with Gasteiger partial charge in [-0.05, 0) is 30.6 Å². The van der Waals surface area contributed by atoms with Crippen LogP contribution in [0.3, 0.4) is 0 Å². The number of ether oxygens (including phenoxy) is 1. The molecule has 1 atom stereocenters. The van der Waals surface area contributed by atoms with Crippen molar-refractivity contribution in [2.45, 2.75) is 24.9 Å². The Kier molecular flexibility index (Phi) is 4.50. The van der Waals surface area contributed by atoms with E-state index in [1.165, 1.54) is 26.4 Å². The number of rotatable bonds is 5. The molecule has 0 aliphatic carbocycles. The van der Waals surface area contributed by atoms with Gasteiger partial charge in [0.05, 0.1) is 0 Å². The van der Waals surface area contributed by atoms with Crippen molar-refractivity contribution in [2.24, 2.45) is 4.99 Å². The van der Waals surface area contributed by atoms with E-state index in [-0.39, 0.29) is 18.1 Å². The molecule has 0 saturated carbocycles. The number of benzene rings is 1. The molecule has 1 unspecified atom stereocenters. The maximum Gasteiger partial charge on any atom is 0.188 e. The molecule has 4 nitrogen and oxygen atoms in total. The van der Waals surface area contributed by atoms with Gasteiger partial charge in [0, 0.05) is 32.0 Å². The van der Waals surface area contributed by atoms with Gasteiger partial charge in [0.2, 0.25) is 0 Å². The van der Waals surface area contributed by atoms with Crippen LogP contribution in [0.25, 0.3) is 0 Å². The van der Waals surface area contributed by atoms with Crippen LogP contribution in [0.4, 0.5) is 0 Å². The highest BCUT2D eigenvalue weighted by Gasteiger charge is 2.37. The second-order valence-electron chi connectivity index (χ2n) is 5.84. The smallest absolute Gasteiger partial charge is 0.188 e. The Morgan fingerprint density at radius 1 is 1.23 bits per heavy atom. The molecule has 22 heavy (non-hydrogen) atoms. The summed E-state index contributed by atoms with van der Waals surface area (Å²) in [6.07, 6.45) is 9.77. The number of aliphatic imine (C=N–C) groups is 1. The van der Waals surface area contributed by atoms with Crippen molar-refractivity contribution in [3.05, 3.63) is 47.5 Å². The van der Waals surface area contributed by atoms with Crippen LogP contribution in [0.2, 0.25) is 0 Å². The van der Waals surface area contributed by atoms with E-state index >= 15 is 0 Å². The molecule has 2 aliphatic rings. The van der Waals surface area contributed by atoms with E-state index in [1.807, 2.05) is 36.6 Å². The van der Waals surface area contributed by atoms with Crippen molar-refractivity contribution < 1.29 is 9.53 Å². The van der Waals surface area contributed by atoms with E-state index in [0.717, 1.165) is 18.7 Å². The maximum absolute atomic E-state index is 11.9. The highest BCUT2D eigenvalue weighted by molar-refractivity contribution is 5.97. The number of Topliss-reactive ketones (excluding diaryl/α,β-unsaturated/α-hetero) is 1. The van der Waals surface area contributed by atoms with Crippen molar-refractivity contribution in [3.63, 3.8) is 0 Å². The van der Waals surface area contributed by atoms with Crippen molar-refractivity contribution in [1.82, 2.24) is 4.90 Å². The molecule has 1 saturated heterocycles. The van der Waals surface area contributed by atoms with Crippen LogP contribution in [0, 0.1) is 0 Å². The first-order valence-electron chi connectivity index (χ1n) is 7.87. The normalized spacial score (nSPS) is 24.8. The van der Waals surface area contributed by atoms with Crippen molar-refractivity contribution in [2.75, 3.05) is 26.8 Å². The summed E-state index contributed by atoms with van der Waals surface area (Å²) in [4.78, 5) is 19.1. The SMILES string of the molecule is COCC(=O)c1ccc(C2(N3CCCCC3)C=CC=N2)cc1. The third-order valence-electron chi connectivity index (χ3n) is 4.43. The number of ketones is 1. The lowest BCUT2D eigenvalue weighted by Crippen LogP contribution is -2.45. The average molecular weight is 298 g/mol. The largest absolute Gasteiger partial charge is 0.377 e. The fourth-order valence-electron chi connectivity index (χ4n) is 3.27. The van der Waals surface area contributed by atoms with Gasteiger partial charge in [0.25, 0.3) is 0 Å². The van der Waals surface area contributed by atoms with E-state index in [4.69, 9.17) is 9.73 Å². The minimum Gasteiger partial charge on any atom is -0.377 e. The number of methoxy groups -OCH3 is 1. The summed E-state index contributed by atoms with van der Waals surface area (Å²) >= 11 is 0. The molecule has 0 spiro atoms. The van der Waals surface area contributed by atoms with Crippen LogP contribution in [0.5, 0.6) is 0 Å². The van der Waals surface area contributed by atoms with Crippen molar-refractivity contribution in [3.8, 4) is 0 Å². The molecule has 3 rings (SSSR count). The van der Waals surface area contributed by atoms with Gasteiger partial charge in [-0.15, -0.1) is 0 Å². The number of likely N-dealkylation sites (tertiary alicyclic amines) is 1. The van der Waals surface area contributed by atoms with Gasteiger partial charge < -0.3 is 4.74 Å². The number of nitrogens with zero attached hydrogens (tertiary/aromatic N) is 2. The van der Waals surface area contributed by atoms with E-state index in [9.17, 15) is 4.79 Å². The standard InChI is InChI=1S/C18H22N2O2/c1-22-14-17(21)15-6-8-16(9-7-15)18(10-5-11-19-18)20-12-3-2-4-13-20/h5-11H,2-4,12-14H2,1H3. The highest BCUT2D eigenvalue weighted by Crippen LogP contribution is 2.36. The third kappa shape index (κ3) is 2.76. The van der Waals surface area contributed by atoms with Gasteiger partial charge in [-0.25, -0.2) is 0 Å². The Morgan fingerprint density at radius 3 is 2.55 bits per heavy atom. The fourth-order valence-corrected chi connectivity index (χ4v) is 3.27. The Labute approximate surface area is 131 Å². The van der Waals surface area contributed by atoms with Gasteiger partial charge in [-0.1, -0.05) is 30.7 Å². The van der Waals surface area contributed by atoms with Gasteiger partial charge in [-0.2, -0.15) is 0 Å². The summed E-state index contributed by atoms with van der Waals surface area (Å²) in [6.45, 7) is 2.24. The lowest BCUT2D eigenvalue weighted by atomic mass is 9.94. The van der Waals surface area contributed by atoms with E-state index in [0.29, 0.717) is 5.56 Å². The number of carbonyl (C=O) groups is 1. The minimum atomic E-state index is -0.386. The summed E-state index contributed by atoms with van der Waals surface area (Å²) in [5, 5.41) is 0. The second kappa shape index (κ2) is 6.55. The van der Waals surface area contributed by atoms with Gasteiger partial charge in [0.1, 0.15) is 6.61 Å². The fraction of sp³-hybridized carbons (Fsp3) is 0.444. The quantitative estimate of drug-likeness (QED) is 0.785. The molecule has 2 heterocycles. The number of allylic oxidation sites excluding steroid dienone is 1. The molecule has 0 bridgehead atoms. The first-order valence-corrected chi connectivity index (χ1v) is 7.87. The van der Waals surface area contributed by atoms with Crippen LogP contribution in [-0.4, -0.2) is 43.7 Å². The molecule has 0 N–H and O–H groups in total. The lowest BCUT2D eigenvalue weighted by Gasteiger charge is -2.40. The molecule has 116 valence electrons. The first kappa shape index (κ1) is 15.1. The molecular weight excluding hydrogens is 276 g/mol. The average Bonchev–Trinajstić information content (AvgIpc) is 3.07. The van der Waals surface area contributed by atoms with Gasteiger partial charge in [-0.3, -0.25) is 14.7 Å². The summed E-state index contributed by atoms with van der Waals surface area (Å²) in [5.74, 6) is 0.00605.